The topological polar surface area (TPSA) is 109 Å². The van der Waals surface area contributed by atoms with Gasteiger partial charge in [0.15, 0.2) is 5.13 Å². The van der Waals surface area contributed by atoms with Gasteiger partial charge in [-0.1, -0.05) is 53.3 Å². The molecule has 1 atom stereocenters. The number of carbonyl (C=O) groups is 3. The standard InChI is InChI=1S/C34H29ClN4O4S2/c1-3-43-26-14-17-28-30(20-26)45-34(38-28)39-31(40)21(2)44-27-15-12-25(13-16-27)36-33(42)29(19-22-8-7-11-24(35)18-22)37-32(41)23-9-5-4-6-10-23/h4-21H,3H2,1-2H3,(H,36,42)(H,37,41)(H,38,39,40)/b29-19-. The van der Waals surface area contributed by atoms with Gasteiger partial charge in [0.2, 0.25) is 5.91 Å². The maximum Gasteiger partial charge on any atom is 0.272 e. The van der Waals surface area contributed by atoms with Crippen LogP contribution in [0.25, 0.3) is 16.3 Å². The third-order valence-electron chi connectivity index (χ3n) is 6.38. The first-order valence-electron chi connectivity index (χ1n) is 14.0. The van der Waals surface area contributed by atoms with Gasteiger partial charge in [-0.3, -0.25) is 14.4 Å². The Morgan fingerprint density at radius 2 is 1.73 bits per heavy atom. The van der Waals surface area contributed by atoms with Crippen LogP contribution >= 0.6 is 34.7 Å². The second kappa shape index (κ2) is 14.9. The summed E-state index contributed by atoms with van der Waals surface area (Å²) in [6, 6.07) is 28.4. The van der Waals surface area contributed by atoms with Crippen LogP contribution in [-0.2, 0) is 9.59 Å². The average molecular weight is 657 g/mol. The Balaban J connectivity index is 1.22. The highest BCUT2D eigenvalue weighted by molar-refractivity contribution is 8.00. The average Bonchev–Trinajstić information content (AvgIpc) is 3.43. The zero-order chi connectivity index (χ0) is 31.8. The molecule has 0 aliphatic heterocycles. The second-order valence-electron chi connectivity index (χ2n) is 9.74. The van der Waals surface area contributed by atoms with Crippen molar-refractivity contribution in [1.29, 1.82) is 0 Å². The predicted octanol–water partition coefficient (Wildman–Crippen LogP) is 7.88. The summed E-state index contributed by atoms with van der Waals surface area (Å²) in [5.41, 5.74) is 2.44. The Kier molecular flexibility index (Phi) is 10.5. The van der Waals surface area contributed by atoms with Crippen molar-refractivity contribution in [2.24, 2.45) is 0 Å². The summed E-state index contributed by atoms with van der Waals surface area (Å²) in [6.45, 7) is 4.32. The fourth-order valence-corrected chi connectivity index (χ4v) is 6.16. The summed E-state index contributed by atoms with van der Waals surface area (Å²) in [5, 5.41) is 9.08. The minimum atomic E-state index is -0.503. The normalized spacial score (nSPS) is 11.9. The van der Waals surface area contributed by atoms with E-state index in [1.807, 2.05) is 50.2 Å². The van der Waals surface area contributed by atoms with Gasteiger partial charge in [-0.05, 0) is 92.2 Å². The minimum Gasteiger partial charge on any atom is -0.494 e. The number of halogens is 1. The van der Waals surface area contributed by atoms with Crippen molar-refractivity contribution in [3.8, 4) is 5.75 Å². The second-order valence-corrected chi connectivity index (χ2v) is 12.6. The zero-order valence-electron chi connectivity index (χ0n) is 24.4. The highest BCUT2D eigenvalue weighted by Gasteiger charge is 2.18. The summed E-state index contributed by atoms with van der Waals surface area (Å²) < 4.78 is 6.48. The Morgan fingerprint density at radius 1 is 0.956 bits per heavy atom. The molecular formula is C34H29ClN4O4S2. The first-order chi connectivity index (χ1) is 21.8. The van der Waals surface area contributed by atoms with E-state index in [4.69, 9.17) is 16.3 Å². The van der Waals surface area contributed by atoms with E-state index in [1.165, 1.54) is 23.1 Å². The number of nitrogens with one attached hydrogen (secondary N) is 3. The number of rotatable bonds is 11. The molecule has 3 N–H and O–H groups in total. The number of fused-ring (bicyclic) bond motifs is 1. The Bertz CT molecular complexity index is 1860. The lowest BCUT2D eigenvalue weighted by Crippen LogP contribution is -2.30. The first kappa shape index (κ1) is 31.8. The molecular weight excluding hydrogens is 628 g/mol. The van der Waals surface area contributed by atoms with Crippen LogP contribution in [0.4, 0.5) is 10.8 Å². The number of hydrogen-bond acceptors (Lipinski definition) is 7. The van der Waals surface area contributed by atoms with Crippen LogP contribution in [0.2, 0.25) is 5.02 Å². The molecule has 0 radical (unpaired) electrons. The van der Waals surface area contributed by atoms with E-state index < -0.39 is 17.1 Å². The largest absolute Gasteiger partial charge is 0.494 e. The summed E-state index contributed by atoms with van der Waals surface area (Å²) in [4.78, 5) is 44.4. The molecule has 45 heavy (non-hydrogen) atoms. The van der Waals surface area contributed by atoms with E-state index in [9.17, 15) is 14.4 Å². The van der Waals surface area contributed by atoms with Crippen molar-refractivity contribution in [3.05, 3.63) is 119 Å². The molecule has 8 nitrogen and oxygen atoms in total. The van der Waals surface area contributed by atoms with E-state index in [0.717, 1.165) is 20.9 Å². The van der Waals surface area contributed by atoms with Crippen LogP contribution in [0, 0.1) is 0 Å². The van der Waals surface area contributed by atoms with E-state index in [0.29, 0.717) is 33.6 Å². The lowest BCUT2D eigenvalue weighted by atomic mass is 10.1. The molecule has 0 saturated carbocycles. The SMILES string of the molecule is CCOc1ccc2nc(NC(=O)C(C)Sc3ccc(NC(=O)/C(=C/c4cccc(Cl)c4)NC(=O)c4ccccc4)cc3)sc2c1. The van der Waals surface area contributed by atoms with E-state index in [2.05, 4.69) is 20.9 Å². The number of anilines is 2. The fraction of sp³-hybridized carbons (Fsp3) is 0.118. The molecule has 4 aromatic carbocycles. The maximum atomic E-state index is 13.3. The Hall–Kier alpha value is -4.64. The molecule has 0 aliphatic rings. The summed E-state index contributed by atoms with van der Waals surface area (Å²) >= 11 is 8.90. The number of nitrogens with zero attached hydrogens (tertiary/aromatic N) is 1. The van der Waals surface area contributed by atoms with E-state index in [-0.39, 0.29) is 11.6 Å². The van der Waals surface area contributed by atoms with Gasteiger partial charge in [-0.15, -0.1) is 11.8 Å². The molecule has 1 heterocycles. The van der Waals surface area contributed by atoms with Gasteiger partial charge in [0.05, 0.1) is 22.1 Å². The van der Waals surface area contributed by atoms with Crippen molar-refractivity contribution < 1.29 is 19.1 Å². The van der Waals surface area contributed by atoms with Crippen LogP contribution in [0.1, 0.15) is 29.8 Å². The molecule has 0 saturated heterocycles. The highest BCUT2D eigenvalue weighted by Crippen LogP contribution is 2.31. The molecule has 5 aromatic rings. The number of thioether (sulfide) groups is 1. The third kappa shape index (κ3) is 8.72. The third-order valence-corrected chi connectivity index (χ3v) is 8.66. The number of aromatic nitrogens is 1. The molecule has 5 rings (SSSR count). The van der Waals surface area contributed by atoms with Gasteiger partial charge >= 0.3 is 0 Å². The number of hydrogen-bond donors (Lipinski definition) is 3. The van der Waals surface area contributed by atoms with Gasteiger partial charge in [0, 0.05) is 21.2 Å². The molecule has 0 bridgehead atoms. The fourth-order valence-electron chi connectivity index (χ4n) is 4.20. The molecule has 0 aliphatic carbocycles. The van der Waals surface area contributed by atoms with Crippen LogP contribution in [0.15, 0.2) is 108 Å². The van der Waals surface area contributed by atoms with Crippen LogP contribution in [0.5, 0.6) is 5.75 Å². The number of benzene rings is 4. The number of amides is 3. The maximum absolute atomic E-state index is 13.3. The van der Waals surface area contributed by atoms with Crippen molar-refractivity contribution in [3.63, 3.8) is 0 Å². The van der Waals surface area contributed by atoms with Gasteiger partial charge in [-0.25, -0.2) is 4.98 Å². The van der Waals surface area contributed by atoms with Gasteiger partial charge in [0.25, 0.3) is 11.8 Å². The summed E-state index contributed by atoms with van der Waals surface area (Å²) in [6.07, 6.45) is 1.57. The quantitative estimate of drug-likeness (QED) is 0.0986. The monoisotopic (exact) mass is 656 g/mol. The predicted molar refractivity (Wildman–Crippen MR) is 183 cm³/mol. The summed E-state index contributed by atoms with van der Waals surface area (Å²) in [7, 11) is 0. The van der Waals surface area contributed by atoms with Crippen molar-refractivity contribution >= 4 is 79.5 Å². The molecule has 0 fully saturated rings. The van der Waals surface area contributed by atoms with Crippen molar-refractivity contribution in [2.75, 3.05) is 17.2 Å². The lowest BCUT2D eigenvalue weighted by Gasteiger charge is -2.13. The van der Waals surface area contributed by atoms with E-state index in [1.54, 1.807) is 66.7 Å². The molecule has 1 aromatic heterocycles. The Morgan fingerprint density at radius 3 is 2.47 bits per heavy atom. The number of thiazole rings is 1. The van der Waals surface area contributed by atoms with E-state index >= 15 is 0 Å². The highest BCUT2D eigenvalue weighted by atomic mass is 35.5. The van der Waals surface area contributed by atoms with Crippen molar-refractivity contribution in [1.82, 2.24) is 10.3 Å². The van der Waals surface area contributed by atoms with Gasteiger partial charge in [0.1, 0.15) is 11.4 Å². The van der Waals surface area contributed by atoms with Crippen LogP contribution in [-0.4, -0.2) is 34.6 Å². The van der Waals surface area contributed by atoms with Crippen LogP contribution < -0.4 is 20.7 Å². The molecule has 228 valence electrons. The molecule has 11 heteroatoms. The van der Waals surface area contributed by atoms with Crippen molar-refractivity contribution in [2.45, 2.75) is 24.0 Å². The number of ether oxygens (including phenoxy) is 1. The number of carbonyl (C=O) groups excluding carboxylic acids is 3. The zero-order valence-corrected chi connectivity index (χ0v) is 26.8. The van der Waals surface area contributed by atoms with Gasteiger partial charge < -0.3 is 20.7 Å². The smallest absolute Gasteiger partial charge is 0.272 e. The van der Waals surface area contributed by atoms with Crippen LogP contribution in [0.3, 0.4) is 0 Å². The Labute approximate surface area is 273 Å². The summed E-state index contributed by atoms with van der Waals surface area (Å²) in [5.74, 6) is -0.331. The molecule has 1 unspecified atom stereocenters. The molecule has 0 spiro atoms. The first-order valence-corrected chi connectivity index (χ1v) is 16.1. The molecule has 3 amide bonds. The van der Waals surface area contributed by atoms with Gasteiger partial charge in [-0.2, -0.15) is 0 Å². The minimum absolute atomic E-state index is 0.0545. The lowest BCUT2D eigenvalue weighted by molar-refractivity contribution is -0.115.